The number of likely N-dealkylation sites (N-methyl/N-ethyl adjacent to an activating group) is 1. The molecule has 3 rings (SSSR count). The highest BCUT2D eigenvalue weighted by Gasteiger charge is 2.25. The molecule has 8 heteroatoms. The third-order valence-electron chi connectivity index (χ3n) is 5.74. The molecule has 2 heterocycles. The van der Waals surface area contributed by atoms with E-state index in [1.54, 1.807) is 19.1 Å². The van der Waals surface area contributed by atoms with Crippen LogP contribution in [0.3, 0.4) is 0 Å². The molecule has 0 bridgehead atoms. The maximum atomic E-state index is 13.9. The van der Waals surface area contributed by atoms with Crippen LogP contribution in [-0.2, 0) is 11.5 Å². The summed E-state index contributed by atoms with van der Waals surface area (Å²) < 4.78 is 15.4. The number of aromatic hydroxyl groups is 1. The number of allylic oxidation sites excluding steroid dienone is 1. The van der Waals surface area contributed by atoms with Gasteiger partial charge in [0.2, 0.25) is 5.88 Å². The second-order valence-corrected chi connectivity index (χ2v) is 7.52. The first-order valence-corrected chi connectivity index (χ1v) is 10.5. The van der Waals surface area contributed by atoms with Crippen LogP contribution in [0.4, 0.5) is 4.39 Å². The zero-order valence-corrected chi connectivity index (χ0v) is 18.5. The third-order valence-corrected chi connectivity index (χ3v) is 5.74. The van der Waals surface area contributed by atoms with E-state index in [4.69, 9.17) is 5.73 Å². The Bertz CT molecular complexity index is 1090. The predicted molar refractivity (Wildman–Crippen MR) is 122 cm³/mol. The minimum absolute atomic E-state index is 0.0500. The normalized spacial score (nSPS) is 15.5. The number of hydrogen-bond donors (Lipinski definition) is 3. The fourth-order valence-electron chi connectivity index (χ4n) is 3.95. The number of nitrogens with two attached hydrogens (primary N) is 1. The smallest absolute Gasteiger partial charge is 0.253 e. The van der Waals surface area contributed by atoms with E-state index in [0.717, 1.165) is 19.6 Å². The summed E-state index contributed by atoms with van der Waals surface area (Å²) in [6, 6.07) is 4.27. The Kier molecular flexibility index (Phi) is 6.92. The second kappa shape index (κ2) is 9.45. The summed E-state index contributed by atoms with van der Waals surface area (Å²) in [7, 11) is 0. The van der Waals surface area contributed by atoms with Crippen molar-refractivity contribution in [2.45, 2.75) is 34.4 Å². The van der Waals surface area contributed by atoms with Gasteiger partial charge in [0.15, 0.2) is 0 Å². The maximum Gasteiger partial charge on any atom is 0.253 e. The van der Waals surface area contributed by atoms with Crippen molar-refractivity contribution in [3.8, 4) is 5.88 Å². The van der Waals surface area contributed by atoms with Gasteiger partial charge in [0, 0.05) is 24.0 Å². The molecule has 1 amide bonds. The van der Waals surface area contributed by atoms with Gasteiger partial charge in [-0.3, -0.25) is 14.4 Å². The van der Waals surface area contributed by atoms with E-state index in [-0.39, 0.29) is 18.5 Å². The van der Waals surface area contributed by atoms with Crippen LogP contribution in [0.5, 0.6) is 5.88 Å². The van der Waals surface area contributed by atoms with Crippen LogP contribution in [0.1, 0.15) is 33.3 Å². The van der Waals surface area contributed by atoms with Gasteiger partial charge < -0.3 is 21.1 Å². The molecule has 0 radical (unpaired) electrons. The zero-order valence-electron chi connectivity index (χ0n) is 18.5. The molecule has 1 aromatic heterocycles. The number of aromatic nitrogens is 1. The van der Waals surface area contributed by atoms with E-state index in [1.807, 2.05) is 6.92 Å². The van der Waals surface area contributed by atoms with Crippen molar-refractivity contribution >= 4 is 28.6 Å². The van der Waals surface area contributed by atoms with E-state index in [2.05, 4.69) is 29.1 Å². The van der Waals surface area contributed by atoms with E-state index in [9.17, 15) is 14.3 Å². The van der Waals surface area contributed by atoms with Crippen LogP contribution in [0, 0.1) is 5.82 Å². The highest BCUT2D eigenvalue weighted by atomic mass is 19.1. The number of nitrogens with zero attached hydrogens (tertiary/aromatic N) is 3. The Morgan fingerprint density at radius 3 is 2.68 bits per heavy atom. The van der Waals surface area contributed by atoms with Crippen LogP contribution < -0.4 is 11.1 Å². The summed E-state index contributed by atoms with van der Waals surface area (Å²) in [6.45, 7) is 11.0. The summed E-state index contributed by atoms with van der Waals surface area (Å²) >= 11 is 0. The number of benzene rings is 1. The van der Waals surface area contributed by atoms with Crippen LogP contribution in [0.15, 0.2) is 40.0 Å². The van der Waals surface area contributed by atoms with E-state index in [0.29, 0.717) is 45.6 Å². The fraction of sp³-hybridized carbons (Fsp3) is 0.391. The summed E-state index contributed by atoms with van der Waals surface area (Å²) in [4.78, 5) is 19.6. The molecule has 7 nitrogen and oxygen atoms in total. The average Bonchev–Trinajstić information content (AvgIpc) is 3.17. The van der Waals surface area contributed by atoms with Crippen molar-refractivity contribution in [1.82, 2.24) is 14.8 Å². The lowest BCUT2D eigenvalue weighted by molar-refractivity contribution is -0.117. The number of carbonyl (C=O) groups excluding carboxylic acids is 1. The Labute approximate surface area is 181 Å². The van der Waals surface area contributed by atoms with E-state index >= 15 is 0 Å². The molecule has 31 heavy (non-hydrogen) atoms. The van der Waals surface area contributed by atoms with Gasteiger partial charge in [0.1, 0.15) is 5.82 Å². The number of carbonyl (C=O) groups is 1. The average molecular weight is 428 g/mol. The molecule has 2 aromatic rings. The number of nitrogens with one attached hydrogen (secondary N) is 1. The monoisotopic (exact) mass is 427 g/mol. The van der Waals surface area contributed by atoms with Gasteiger partial charge >= 0.3 is 0 Å². The van der Waals surface area contributed by atoms with Crippen molar-refractivity contribution in [2.75, 3.05) is 26.2 Å². The van der Waals surface area contributed by atoms with Gasteiger partial charge in [-0.15, -0.1) is 0 Å². The third kappa shape index (κ3) is 4.40. The highest BCUT2D eigenvalue weighted by molar-refractivity contribution is 6.24. The Hall–Kier alpha value is -2.97. The standard InChI is InChI=1S/C23H30FN5O2/c1-5-28(6-2)10-9-26-22(30)21-14(3)19(27-15(21)4)12-18-17-11-16(24)7-8-20(17)29(13-25)23(18)31/h7-8,11-12,31H,5-6,9-10,13,25H2,1-4H3,(H,26,30). The van der Waals surface area contributed by atoms with E-state index < -0.39 is 5.82 Å². The molecule has 0 atom stereocenters. The molecule has 1 aliphatic rings. The maximum absolute atomic E-state index is 13.9. The van der Waals surface area contributed by atoms with Crippen LogP contribution in [0.2, 0.25) is 0 Å². The van der Waals surface area contributed by atoms with Gasteiger partial charge in [0.05, 0.1) is 29.2 Å². The topological polar surface area (TPSA) is 95.9 Å². The molecule has 0 fully saturated rings. The van der Waals surface area contributed by atoms with E-state index in [1.165, 1.54) is 16.7 Å². The molecule has 0 aliphatic carbocycles. The van der Waals surface area contributed by atoms with Gasteiger partial charge in [-0.05, 0) is 56.8 Å². The summed E-state index contributed by atoms with van der Waals surface area (Å²) in [5.74, 6) is -0.643. The highest BCUT2D eigenvalue weighted by Crippen LogP contribution is 2.36. The number of rotatable bonds is 8. The lowest BCUT2D eigenvalue weighted by Crippen LogP contribution is -2.36. The second-order valence-electron chi connectivity index (χ2n) is 7.52. The Morgan fingerprint density at radius 1 is 1.32 bits per heavy atom. The van der Waals surface area contributed by atoms with Crippen molar-refractivity contribution in [3.63, 3.8) is 0 Å². The first-order chi connectivity index (χ1) is 14.8. The van der Waals surface area contributed by atoms with Crippen molar-refractivity contribution < 1.29 is 14.3 Å². The minimum Gasteiger partial charge on any atom is -0.494 e. The molecular weight excluding hydrogens is 397 g/mol. The first kappa shape index (κ1) is 22.7. The van der Waals surface area contributed by atoms with Crippen molar-refractivity contribution in [1.29, 1.82) is 0 Å². The lowest BCUT2D eigenvalue weighted by Gasteiger charge is -2.18. The van der Waals surface area contributed by atoms with Crippen molar-refractivity contribution in [3.05, 3.63) is 46.4 Å². The molecular formula is C23H30FN5O2. The molecule has 166 valence electrons. The summed E-state index contributed by atoms with van der Waals surface area (Å²) in [6.07, 6.45) is 1.68. The van der Waals surface area contributed by atoms with Gasteiger partial charge in [-0.25, -0.2) is 4.39 Å². The quantitative estimate of drug-likeness (QED) is 0.603. The zero-order chi connectivity index (χ0) is 22.7. The number of hydrogen-bond acceptors (Lipinski definition) is 5. The number of halogens is 1. The van der Waals surface area contributed by atoms with Crippen molar-refractivity contribution in [2.24, 2.45) is 10.7 Å². The minimum atomic E-state index is -0.409. The van der Waals surface area contributed by atoms with Gasteiger partial charge in [0.25, 0.3) is 5.91 Å². The molecule has 0 saturated heterocycles. The van der Waals surface area contributed by atoms with Crippen LogP contribution in [-0.4, -0.2) is 52.4 Å². The first-order valence-electron chi connectivity index (χ1n) is 10.5. The largest absolute Gasteiger partial charge is 0.494 e. The van der Waals surface area contributed by atoms with Crippen LogP contribution >= 0.6 is 0 Å². The molecule has 0 unspecified atom stereocenters. The fourth-order valence-corrected chi connectivity index (χ4v) is 3.95. The van der Waals surface area contributed by atoms with Gasteiger partial charge in [-0.2, -0.15) is 0 Å². The van der Waals surface area contributed by atoms with Crippen LogP contribution in [0.25, 0.3) is 17.0 Å². The molecule has 1 aromatic carbocycles. The summed E-state index contributed by atoms with van der Waals surface area (Å²) in [5, 5.41) is 14.2. The number of fused-ring (bicyclic) bond motifs is 1. The Morgan fingerprint density at radius 2 is 2.03 bits per heavy atom. The SMILES string of the molecule is CCN(CC)CCNC(=O)C1=C(C)C(=Cc2c(O)n(CN)c3ccc(F)cc23)N=C1C. The molecule has 0 saturated carbocycles. The Balaban J connectivity index is 1.93. The summed E-state index contributed by atoms with van der Waals surface area (Å²) in [5.41, 5.74) is 9.23. The molecule has 1 aliphatic heterocycles. The number of amides is 1. The lowest BCUT2D eigenvalue weighted by atomic mass is 10.0. The molecule has 0 spiro atoms. The molecule has 4 N–H and O–H groups in total. The number of aliphatic imine (C=N–C) groups is 1. The predicted octanol–water partition coefficient (Wildman–Crippen LogP) is 2.99. The van der Waals surface area contributed by atoms with Gasteiger partial charge in [-0.1, -0.05) is 13.8 Å².